The van der Waals surface area contributed by atoms with Crippen molar-refractivity contribution in [3.05, 3.63) is 28.0 Å². The molecule has 0 bridgehead atoms. The summed E-state index contributed by atoms with van der Waals surface area (Å²) in [7, 11) is 0. The molecular formula is C9H11BrFNO. The first-order valence-corrected chi connectivity index (χ1v) is 4.79. The van der Waals surface area contributed by atoms with E-state index >= 15 is 0 Å². The quantitative estimate of drug-likeness (QED) is 0.845. The van der Waals surface area contributed by atoms with Gasteiger partial charge in [-0.3, -0.25) is 0 Å². The molecule has 0 unspecified atom stereocenters. The van der Waals surface area contributed by atoms with Gasteiger partial charge in [-0.15, -0.1) is 0 Å². The van der Waals surface area contributed by atoms with Crippen LogP contribution in [0.25, 0.3) is 0 Å². The summed E-state index contributed by atoms with van der Waals surface area (Å²) in [4.78, 5) is 0. The Balaban J connectivity index is 3.18. The Morgan fingerprint density at radius 1 is 1.62 bits per heavy atom. The summed E-state index contributed by atoms with van der Waals surface area (Å²) < 4.78 is 13.0. The average Bonchev–Trinajstić information content (AvgIpc) is 2.13. The third kappa shape index (κ3) is 2.00. The summed E-state index contributed by atoms with van der Waals surface area (Å²) in [6, 6.07) is 2.54. The highest BCUT2D eigenvalue weighted by Gasteiger charge is 2.14. The molecule has 3 N–H and O–H groups in total. The van der Waals surface area contributed by atoms with E-state index in [1.54, 1.807) is 0 Å². The van der Waals surface area contributed by atoms with Crippen LogP contribution in [0.3, 0.4) is 0 Å². The highest BCUT2D eigenvalue weighted by atomic mass is 79.9. The van der Waals surface area contributed by atoms with Crippen molar-refractivity contribution in [2.24, 2.45) is 5.73 Å². The number of aromatic hydroxyl groups is 1. The van der Waals surface area contributed by atoms with E-state index in [1.807, 2.05) is 6.92 Å². The molecule has 0 heterocycles. The Morgan fingerprint density at radius 2 is 2.23 bits per heavy atom. The van der Waals surface area contributed by atoms with E-state index in [4.69, 9.17) is 5.73 Å². The first-order chi connectivity index (χ1) is 6.07. The molecular weight excluding hydrogens is 237 g/mol. The second kappa shape index (κ2) is 4.07. The van der Waals surface area contributed by atoms with Gasteiger partial charge in [-0.25, -0.2) is 4.39 Å². The van der Waals surface area contributed by atoms with Crippen molar-refractivity contribution in [3.63, 3.8) is 0 Å². The second-order valence-corrected chi connectivity index (χ2v) is 3.61. The maximum absolute atomic E-state index is 12.9. The molecule has 13 heavy (non-hydrogen) atoms. The second-order valence-electron chi connectivity index (χ2n) is 2.81. The van der Waals surface area contributed by atoms with Crippen molar-refractivity contribution in [1.29, 1.82) is 0 Å². The van der Waals surface area contributed by atoms with Gasteiger partial charge < -0.3 is 10.8 Å². The molecule has 1 atom stereocenters. The van der Waals surface area contributed by atoms with Crippen molar-refractivity contribution >= 4 is 15.9 Å². The molecule has 4 heteroatoms. The van der Waals surface area contributed by atoms with E-state index in [0.29, 0.717) is 12.0 Å². The Labute approximate surface area is 84.7 Å². The standard InChI is InChI=1S/C9H11BrFNO/c1-2-7(12)5-3-4-6(11)8(10)9(5)13/h3-4,7,13H,2,12H2,1H3/t7-/m0/s1. The molecule has 0 radical (unpaired) electrons. The lowest BCUT2D eigenvalue weighted by Gasteiger charge is -2.12. The van der Waals surface area contributed by atoms with Gasteiger partial charge in [0.25, 0.3) is 0 Å². The molecule has 0 fully saturated rings. The van der Waals surface area contributed by atoms with Crippen LogP contribution >= 0.6 is 15.9 Å². The van der Waals surface area contributed by atoms with Crippen LogP contribution in [-0.2, 0) is 0 Å². The third-order valence-electron chi connectivity index (χ3n) is 1.94. The zero-order chi connectivity index (χ0) is 10.0. The minimum atomic E-state index is -0.482. The minimum Gasteiger partial charge on any atom is -0.506 e. The highest BCUT2D eigenvalue weighted by Crippen LogP contribution is 2.33. The molecule has 1 rings (SSSR count). The van der Waals surface area contributed by atoms with Crippen LogP contribution in [0.1, 0.15) is 24.9 Å². The highest BCUT2D eigenvalue weighted by molar-refractivity contribution is 9.10. The van der Waals surface area contributed by atoms with E-state index in [1.165, 1.54) is 12.1 Å². The minimum absolute atomic E-state index is 0.0777. The summed E-state index contributed by atoms with van der Waals surface area (Å²) in [5.41, 5.74) is 6.28. The molecule has 0 aromatic heterocycles. The van der Waals surface area contributed by atoms with E-state index in [0.717, 1.165) is 0 Å². The smallest absolute Gasteiger partial charge is 0.141 e. The number of rotatable bonds is 2. The van der Waals surface area contributed by atoms with Crippen molar-refractivity contribution in [1.82, 2.24) is 0 Å². The summed E-state index contributed by atoms with van der Waals surface area (Å²) in [6.45, 7) is 1.90. The molecule has 0 aliphatic rings. The van der Waals surface area contributed by atoms with Gasteiger partial charge in [-0.2, -0.15) is 0 Å². The molecule has 2 nitrogen and oxygen atoms in total. The molecule has 0 spiro atoms. The first-order valence-electron chi connectivity index (χ1n) is 4.00. The summed E-state index contributed by atoms with van der Waals surface area (Å²) >= 11 is 2.95. The Kier molecular flexibility index (Phi) is 3.27. The average molecular weight is 248 g/mol. The Morgan fingerprint density at radius 3 is 2.77 bits per heavy atom. The van der Waals surface area contributed by atoms with Gasteiger partial charge >= 0.3 is 0 Å². The van der Waals surface area contributed by atoms with E-state index in [9.17, 15) is 9.50 Å². The molecule has 1 aromatic rings. The van der Waals surface area contributed by atoms with Crippen LogP contribution in [0.2, 0.25) is 0 Å². The fourth-order valence-electron chi connectivity index (χ4n) is 1.07. The van der Waals surface area contributed by atoms with E-state index in [2.05, 4.69) is 15.9 Å². The normalized spacial score (nSPS) is 12.9. The molecule has 0 aliphatic carbocycles. The van der Waals surface area contributed by atoms with Crippen molar-refractivity contribution in [2.45, 2.75) is 19.4 Å². The van der Waals surface area contributed by atoms with Crippen LogP contribution in [0.5, 0.6) is 5.75 Å². The van der Waals surface area contributed by atoms with Crippen LogP contribution in [0.4, 0.5) is 4.39 Å². The molecule has 0 aliphatic heterocycles. The molecule has 1 aromatic carbocycles. The zero-order valence-electron chi connectivity index (χ0n) is 7.22. The largest absolute Gasteiger partial charge is 0.506 e. The lowest BCUT2D eigenvalue weighted by Crippen LogP contribution is -2.09. The monoisotopic (exact) mass is 247 g/mol. The van der Waals surface area contributed by atoms with E-state index < -0.39 is 5.82 Å². The number of benzene rings is 1. The Bertz CT molecular complexity index is 317. The van der Waals surface area contributed by atoms with E-state index in [-0.39, 0.29) is 16.3 Å². The van der Waals surface area contributed by atoms with Gasteiger partial charge in [-0.1, -0.05) is 13.0 Å². The number of nitrogens with two attached hydrogens (primary N) is 1. The van der Waals surface area contributed by atoms with Gasteiger partial charge in [0.2, 0.25) is 0 Å². The van der Waals surface area contributed by atoms with Crippen molar-refractivity contribution in [2.75, 3.05) is 0 Å². The lowest BCUT2D eigenvalue weighted by atomic mass is 10.0. The number of phenols is 1. The van der Waals surface area contributed by atoms with Crippen LogP contribution in [-0.4, -0.2) is 5.11 Å². The molecule has 72 valence electrons. The summed E-state index contributed by atoms with van der Waals surface area (Å²) in [5.74, 6) is -0.584. The van der Waals surface area contributed by atoms with Crippen LogP contribution < -0.4 is 5.73 Å². The molecule has 0 saturated carbocycles. The molecule has 0 amide bonds. The predicted octanol–water partition coefficient (Wildman–Crippen LogP) is 2.70. The zero-order valence-corrected chi connectivity index (χ0v) is 8.81. The fourth-order valence-corrected chi connectivity index (χ4v) is 1.44. The predicted molar refractivity (Wildman–Crippen MR) is 53.0 cm³/mol. The van der Waals surface area contributed by atoms with Crippen LogP contribution in [0.15, 0.2) is 16.6 Å². The SMILES string of the molecule is CC[C@H](N)c1ccc(F)c(Br)c1O. The van der Waals surface area contributed by atoms with Crippen molar-refractivity contribution < 1.29 is 9.50 Å². The first kappa shape index (κ1) is 10.5. The number of hydrogen-bond donors (Lipinski definition) is 2. The van der Waals surface area contributed by atoms with Gasteiger partial charge in [0.1, 0.15) is 11.6 Å². The number of halogens is 2. The lowest BCUT2D eigenvalue weighted by molar-refractivity contribution is 0.449. The summed E-state index contributed by atoms with van der Waals surface area (Å²) in [5, 5.41) is 9.51. The van der Waals surface area contributed by atoms with Gasteiger partial charge in [0.15, 0.2) is 0 Å². The van der Waals surface area contributed by atoms with Gasteiger partial charge in [-0.05, 0) is 28.4 Å². The van der Waals surface area contributed by atoms with Gasteiger partial charge in [0, 0.05) is 11.6 Å². The van der Waals surface area contributed by atoms with Gasteiger partial charge in [0.05, 0.1) is 4.47 Å². The molecule has 0 saturated heterocycles. The fraction of sp³-hybridized carbons (Fsp3) is 0.333. The topological polar surface area (TPSA) is 46.2 Å². The summed E-state index contributed by atoms with van der Waals surface area (Å²) in [6.07, 6.45) is 0.700. The third-order valence-corrected chi connectivity index (χ3v) is 2.69. The van der Waals surface area contributed by atoms with Crippen LogP contribution in [0, 0.1) is 5.82 Å². The number of phenolic OH excluding ortho intramolecular Hbond substituents is 1. The maximum atomic E-state index is 12.9. The van der Waals surface area contributed by atoms with Crippen molar-refractivity contribution in [3.8, 4) is 5.75 Å². The maximum Gasteiger partial charge on any atom is 0.141 e. The number of hydrogen-bond acceptors (Lipinski definition) is 2. The Hall–Kier alpha value is -0.610.